The first kappa shape index (κ1) is 15.9. The Bertz CT molecular complexity index is 588. The predicted octanol–water partition coefficient (Wildman–Crippen LogP) is 2.80. The van der Waals surface area contributed by atoms with E-state index in [1.54, 1.807) is 13.0 Å². The molecule has 0 aliphatic rings. The van der Waals surface area contributed by atoms with Gasteiger partial charge in [-0.1, -0.05) is 12.1 Å². The summed E-state index contributed by atoms with van der Waals surface area (Å²) in [7, 11) is 0. The molecular formula is C15H17NO3S2. The summed E-state index contributed by atoms with van der Waals surface area (Å²) in [6.45, 7) is 1.80. The van der Waals surface area contributed by atoms with E-state index in [9.17, 15) is 14.7 Å². The van der Waals surface area contributed by atoms with Crippen LogP contribution < -0.4 is 5.32 Å². The minimum absolute atomic E-state index is 0.0230. The minimum Gasteiger partial charge on any atom is -0.383 e. The minimum atomic E-state index is -1.08. The smallest absolute Gasteiger partial charge is 0.220 e. The van der Waals surface area contributed by atoms with Gasteiger partial charge in [0.05, 0.1) is 11.4 Å². The fourth-order valence-corrected chi connectivity index (χ4v) is 3.30. The number of ketones is 1. The van der Waals surface area contributed by atoms with E-state index in [1.165, 1.54) is 22.7 Å². The number of carbonyl (C=O) groups excluding carboxylic acids is 2. The van der Waals surface area contributed by atoms with Gasteiger partial charge in [0.1, 0.15) is 5.60 Å². The van der Waals surface area contributed by atoms with E-state index in [1.807, 2.05) is 29.0 Å². The number of hydrogen-bond acceptors (Lipinski definition) is 5. The van der Waals surface area contributed by atoms with Crippen molar-refractivity contribution in [2.75, 3.05) is 6.54 Å². The average molecular weight is 323 g/mol. The molecule has 6 heteroatoms. The summed E-state index contributed by atoms with van der Waals surface area (Å²) in [5, 5.41) is 16.7. The van der Waals surface area contributed by atoms with Crippen LogP contribution in [-0.4, -0.2) is 23.3 Å². The molecule has 2 aromatic heterocycles. The Hall–Kier alpha value is -1.50. The van der Waals surface area contributed by atoms with Crippen molar-refractivity contribution in [1.82, 2.24) is 5.32 Å². The maximum Gasteiger partial charge on any atom is 0.220 e. The van der Waals surface area contributed by atoms with Gasteiger partial charge in [-0.15, -0.1) is 22.7 Å². The highest BCUT2D eigenvalue weighted by molar-refractivity contribution is 7.12. The summed E-state index contributed by atoms with van der Waals surface area (Å²) in [5.41, 5.74) is -1.08. The van der Waals surface area contributed by atoms with Gasteiger partial charge < -0.3 is 10.4 Å². The lowest BCUT2D eigenvalue weighted by Gasteiger charge is -2.22. The molecule has 112 valence electrons. The molecule has 0 saturated carbocycles. The summed E-state index contributed by atoms with van der Waals surface area (Å²) in [5.74, 6) is -0.248. The zero-order valence-electron chi connectivity index (χ0n) is 11.7. The van der Waals surface area contributed by atoms with Crippen LogP contribution in [-0.2, 0) is 10.4 Å². The van der Waals surface area contributed by atoms with E-state index in [0.717, 1.165) is 4.88 Å². The lowest BCUT2D eigenvalue weighted by Crippen LogP contribution is -2.38. The summed E-state index contributed by atoms with van der Waals surface area (Å²) >= 11 is 2.82. The zero-order valence-corrected chi connectivity index (χ0v) is 13.3. The maximum absolute atomic E-state index is 11.8. The number of thiophene rings is 2. The molecule has 0 saturated heterocycles. The Labute approximate surface area is 131 Å². The Morgan fingerprint density at radius 2 is 1.90 bits per heavy atom. The normalized spacial score (nSPS) is 13.6. The molecule has 1 amide bonds. The lowest BCUT2D eigenvalue weighted by atomic mass is 10.1. The standard InChI is InChI=1S/C15H17NO3S2/c1-15(19,13-5-3-9-21-13)10-16-14(18)7-6-11(17)12-4-2-8-20-12/h2-5,8-9,19H,6-7,10H2,1H3,(H,16,18). The van der Waals surface area contributed by atoms with Crippen molar-refractivity contribution in [2.24, 2.45) is 0 Å². The third-order valence-electron chi connectivity index (χ3n) is 3.06. The first-order valence-electron chi connectivity index (χ1n) is 6.59. The number of Topliss-reactive ketones (excluding diaryl/α,β-unsaturated/α-hetero) is 1. The van der Waals surface area contributed by atoms with Gasteiger partial charge in [-0.05, 0) is 29.8 Å². The summed E-state index contributed by atoms with van der Waals surface area (Å²) in [6.07, 6.45) is 0.324. The third kappa shape index (κ3) is 4.49. The molecule has 1 unspecified atom stereocenters. The molecule has 0 aliphatic carbocycles. The highest BCUT2D eigenvalue weighted by Gasteiger charge is 2.24. The Morgan fingerprint density at radius 1 is 1.19 bits per heavy atom. The van der Waals surface area contributed by atoms with Gasteiger partial charge in [-0.25, -0.2) is 0 Å². The van der Waals surface area contributed by atoms with Crippen LogP contribution in [0.5, 0.6) is 0 Å². The zero-order chi connectivity index (χ0) is 15.3. The van der Waals surface area contributed by atoms with E-state index >= 15 is 0 Å². The molecule has 2 heterocycles. The second-order valence-corrected chi connectivity index (χ2v) is 6.82. The monoisotopic (exact) mass is 323 g/mol. The molecule has 0 spiro atoms. The fraction of sp³-hybridized carbons (Fsp3) is 0.333. The van der Waals surface area contributed by atoms with Crippen LogP contribution in [0.25, 0.3) is 0 Å². The molecule has 0 fully saturated rings. The highest BCUT2D eigenvalue weighted by Crippen LogP contribution is 2.24. The number of hydrogen-bond donors (Lipinski definition) is 2. The van der Waals surface area contributed by atoms with E-state index in [4.69, 9.17) is 0 Å². The van der Waals surface area contributed by atoms with Crippen LogP contribution >= 0.6 is 22.7 Å². The predicted molar refractivity (Wildman–Crippen MR) is 84.8 cm³/mol. The molecule has 2 rings (SSSR count). The fourth-order valence-electron chi connectivity index (χ4n) is 1.82. The van der Waals surface area contributed by atoms with Gasteiger partial charge in [0, 0.05) is 17.7 Å². The van der Waals surface area contributed by atoms with Crippen molar-refractivity contribution in [1.29, 1.82) is 0 Å². The van der Waals surface area contributed by atoms with Crippen molar-refractivity contribution >= 4 is 34.4 Å². The van der Waals surface area contributed by atoms with Crippen LogP contribution in [0.1, 0.15) is 34.3 Å². The van der Waals surface area contributed by atoms with Crippen molar-refractivity contribution in [2.45, 2.75) is 25.4 Å². The molecule has 0 aliphatic heterocycles. The van der Waals surface area contributed by atoms with Crippen molar-refractivity contribution in [3.8, 4) is 0 Å². The number of aliphatic hydroxyl groups is 1. The Balaban J connectivity index is 1.76. The first-order valence-corrected chi connectivity index (χ1v) is 8.35. The van der Waals surface area contributed by atoms with E-state index in [-0.39, 0.29) is 31.1 Å². The van der Waals surface area contributed by atoms with Gasteiger partial charge in [-0.3, -0.25) is 9.59 Å². The number of amides is 1. The Kier molecular flexibility index (Phi) is 5.27. The van der Waals surface area contributed by atoms with Crippen molar-refractivity contribution in [3.63, 3.8) is 0 Å². The van der Waals surface area contributed by atoms with E-state index in [0.29, 0.717) is 4.88 Å². The van der Waals surface area contributed by atoms with Gasteiger partial charge in [0.15, 0.2) is 5.78 Å². The number of nitrogens with one attached hydrogen (secondary N) is 1. The summed E-state index contributed by atoms with van der Waals surface area (Å²) < 4.78 is 0. The van der Waals surface area contributed by atoms with Crippen LogP contribution in [0.3, 0.4) is 0 Å². The van der Waals surface area contributed by atoms with Crippen LogP contribution in [0, 0.1) is 0 Å². The SMILES string of the molecule is CC(O)(CNC(=O)CCC(=O)c1cccs1)c1cccs1. The Morgan fingerprint density at radius 3 is 2.52 bits per heavy atom. The maximum atomic E-state index is 11.8. The molecular weight excluding hydrogens is 306 g/mol. The van der Waals surface area contributed by atoms with Gasteiger partial charge >= 0.3 is 0 Å². The van der Waals surface area contributed by atoms with Crippen molar-refractivity contribution in [3.05, 3.63) is 44.8 Å². The van der Waals surface area contributed by atoms with Crippen LogP contribution in [0.4, 0.5) is 0 Å². The lowest BCUT2D eigenvalue weighted by molar-refractivity contribution is -0.122. The van der Waals surface area contributed by atoms with E-state index in [2.05, 4.69) is 5.32 Å². The molecule has 1 atom stereocenters. The molecule has 0 aromatic carbocycles. The largest absolute Gasteiger partial charge is 0.383 e. The van der Waals surface area contributed by atoms with Crippen molar-refractivity contribution < 1.29 is 14.7 Å². The first-order chi connectivity index (χ1) is 9.99. The quantitative estimate of drug-likeness (QED) is 0.770. The number of carbonyl (C=O) groups is 2. The highest BCUT2D eigenvalue weighted by atomic mass is 32.1. The summed E-state index contributed by atoms with van der Waals surface area (Å²) in [4.78, 5) is 25.0. The second kappa shape index (κ2) is 6.98. The van der Waals surface area contributed by atoms with Gasteiger partial charge in [0.2, 0.25) is 5.91 Å². The van der Waals surface area contributed by atoms with Crippen LogP contribution in [0.2, 0.25) is 0 Å². The van der Waals surface area contributed by atoms with E-state index < -0.39 is 5.60 Å². The van der Waals surface area contributed by atoms with Gasteiger partial charge in [-0.2, -0.15) is 0 Å². The van der Waals surface area contributed by atoms with Gasteiger partial charge in [0.25, 0.3) is 0 Å². The molecule has 2 N–H and O–H groups in total. The molecule has 0 radical (unpaired) electrons. The second-order valence-electron chi connectivity index (χ2n) is 4.93. The molecule has 2 aromatic rings. The molecule has 4 nitrogen and oxygen atoms in total. The molecule has 21 heavy (non-hydrogen) atoms. The average Bonchev–Trinajstić information content (AvgIpc) is 3.14. The summed E-state index contributed by atoms with van der Waals surface area (Å²) in [6, 6.07) is 7.26. The van der Waals surface area contributed by atoms with Crippen LogP contribution in [0.15, 0.2) is 35.0 Å². The topological polar surface area (TPSA) is 66.4 Å². The third-order valence-corrected chi connectivity index (χ3v) is 5.09. The molecule has 0 bridgehead atoms. The number of rotatable bonds is 7.